The van der Waals surface area contributed by atoms with Crippen LogP contribution in [0, 0.1) is 18.6 Å². The summed E-state index contributed by atoms with van der Waals surface area (Å²) < 4.78 is 31.6. The average Bonchev–Trinajstić information content (AvgIpc) is 2.65. The first-order valence-corrected chi connectivity index (χ1v) is 8.73. The minimum Gasteiger partial charge on any atom is -0.492 e. The number of nitrogens with one attached hydrogen (secondary N) is 2. The molecule has 8 heteroatoms. The molecule has 150 valence electrons. The van der Waals surface area contributed by atoms with Gasteiger partial charge >= 0.3 is 0 Å². The fourth-order valence-electron chi connectivity index (χ4n) is 2.37. The standard InChI is InChI=1S/C20H23F2N3O3/c1-14-5-3-4-6-18(14)28-10-9-25(2)13-20(27)23-12-19(26)24-15-7-8-16(21)17(22)11-15/h3-8,11H,9-10,12-13H2,1-2H3,(H,23,27)(H,24,26). The van der Waals surface area contributed by atoms with Gasteiger partial charge in [0.25, 0.3) is 0 Å². The molecule has 2 rings (SSSR count). The summed E-state index contributed by atoms with van der Waals surface area (Å²) in [5.41, 5.74) is 1.15. The second kappa shape index (κ2) is 10.4. The number of hydrogen-bond donors (Lipinski definition) is 2. The third kappa shape index (κ3) is 6.96. The molecule has 2 aromatic carbocycles. The van der Waals surface area contributed by atoms with Crippen molar-refractivity contribution in [1.29, 1.82) is 0 Å². The lowest BCUT2D eigenvalue weighted by atomic mass is 10.2. The van der Waals surface area contributed by atoms with Crippen LogP contribution in [0.1, 0.15) is 5.56 Å². The molecule has 0 heterocycles. The number of carbonyl (C=O) groups excluding carboxylic acids is 2. The van der Waals surface area contributed by atoms with E-state index in [1.807, 2.05) is 31.2 Å². The van der Waals surface area contributed by atoms with Gasteiger partial charge in [-0.3, -0.25) is 14.5 Å². The molecular formula is C20H23F2N3O3. The van der Waals surface area contributed by atoms with Crippen molar-refractivity contribution >= 4 is 17.5 Å². The van der Waals surface area contributed by atoms with E-state index in [0.29, 0.717) is 13.2 Å². The summed E-state index contributed by atoms with van der Waals surface area (Å²) in [4.78, 5) is 25.5. The molecular weight excluding hydrogens is 368 g/mol. The Labute approximate surface area is 162 Å². The smallest absolute Gasteiger partial charge is 0.243 e. The normalized spacial score (nSPS) is 10.6. The molecule has 0 unspecified atom stereocenters. The third-order valence-corrected chi connectivity index (χ3v) is 3.89. The van der Waals surface area contributed by atoms with E-state index in [4.69, 9.17) is 4.74 Å². The number of anilines is 1. The number of amides is 2. The van der Waals surface area contributed by atoms with Crippen LogP contribution in [-0.4, -0.2) is 50.0 Å². The van der Waals surface area contributed by atoms with Crippen LogP contribution in [0.3, 0.4) is 0 Å². The van der Waals surface area contributed by atoms with Gasteiger partial charge in [0.05, 0.1) is 13.1 Å². The Morgan fingerprint density at radius 3 is 2.54 bits per heavy atom. The number of nitrogens with zero attached hydrogens (tertiary/aromatic N) is 1. The zero-order valence-corrected chi connectivity index (χ0v) is 15.8. The van der Waals surface area contributed by atoms with Crippen LogP contribution in [0.25, 0.3) is 0 Å². The predicted molar refractivity (Wildman–Crippen MR) is 102 cm³/mol. The predicted octanol–water partition coefficient (Wildman–Crippen LogP) is 2.34. The van der Waals surface area contributed by atoms with Gasteiger partial charge in [-0.1, -0.05) is 18.2 Å². The van der Waals surface area contributed by atoms with Crippen molar-refractivity contribution in [2.24, 2.45) is 0 Å². The molecule has 2 N–H and O–H groups in total. The number of halogens is 2. The summed E-state index contributed by atoms with van der Waals surface area (Å²) in [6.07, 6.45) is 0. The van der Waals surface area contributed by atoms with Crippen LogP contribution in [0.4, 0.5) is 14.5 Å². The molecule has 0 aliphatic heterocycles. The quantitative estimate of drug-likeness (QED) is 0.688. The number of hydrogen-bond acceptors (Lipinski definition) is 4. The Hall–Kier alpha value is -3.00. The summed E-state index contributed by atoms with van der Waals surface area (Å²) in [6.45, 7) is 2.73. The Morgan fingerprint density at radius 2 is 1.82 bits per heavy atom. The Balaban J connectivity index is 1.66. The van der Waals surface area contributed by atoms with Crippen LogP contribution in [0.2, 0.25) is 0 Å². The van der Waals surface area contributed by atoms with Gasteiger partial charge in [0.1, 0.15) is 12.4 Å². The summed E-state index contributed by atoms with van der Waals surface area (Å²) >= 11 is 0. The van der Waals surface area contributed by atoms with Crippen molar-refractivity contribution in [1.82, 2.24) is 10.2 Å². The molecule has 0 aliphatic carbocycles. The van der Waals surface area contributed by atoms with Crippen LogP contribution < -0.4 is 15.4 Å². The first-order chi connectivity index (χ1) is 13.3. The molecule has 0 atom stereocenters. The van der Waals surface area contributed by atoms with E-state index in [0.717, 1.165) is 23.4 Å². The van der Waals surface area contributed by atoms with Gasteiger partial charge in [0.2, 0.25) is 11.8 Å². The largest absolute Gasteiger partial charge is 0.492 e. The van der Waals surface area contributed by atoms with Crippen molar-refractivity contribution in [3.8, 4) is 5.75 Å². The highest BCUT2D eigenvalue weighted by molar-refractivity contribution is 5.94. The van der Waals surface area contributed by atoms with Crippen LogP contribution >= 0.6 is 0 Å². The summed E-state index contributed by atoms with van der Waals surface area (Å²) in [7, 11) is 1.77. The number of aryl methyl sites for hydroxylation is 1. The van der Waals surface area contributed by atoms with Crippen molar-refractivity contribution in [3.63, 3.8) is 0 Å². The minimum absolute atomic E-state index is 0.0928. The Morgan fingerprint density at radius 1 is 1.07 bits per heavy atom. The highest BCUT2D eigenvalue weighted by Gasteiger charge is 2.10. The van der Waals surface area contributed by atoms with E-state index in [9.17, 15) is 18.4 Å². The molecule has 0 bridgehead atoms. The van der Waals surface area contributed by atoms with Crippen molar-refractivity contribution in [3.05, 3.63) is 59.7 Å². The molecule has 0 fully saturated rings. The maximum Gasteiger partial charge on any atom is 0.243 e. The van der Waals surface area contributed by atoms with Gasteiger partial charge in [-0.05, 0) is 37.7 Å². The topological polar surface area (TPSA) is 70.7 Å². The molecule has 0 saturated carbocycles. The van der Waals surface area contributed by atoms with Crippen LogP contribution in [0.5, 0.6) is 5.75 Å². The van der Waals surface area contributed by atoms with E-state index < -0.39 is 17.5 Å². The van der Waals surface area contributed by atoms with Crippen LogP contribution in [-0.2, 0) is 9.59 Å². The highest BCUT2D eigenvalue weighted by Crippen LogP contribution is 2.15. The fraction of sp³-hybridized carbons (Fsp3) is 0.300. The summed E-state index contributed by atoms with van der Waals surface area (Å²) in [5, 5.41) is 4.86. The second-order valence-electron chi connectivity index (χ2n) is 6.31. The Kier molecular flexibility index (Phi) is 7.88. The average molecular weight is 391 g/mol. The van der Waals surface area contributed by atoms with Crippen molar-refractivity contribution in [2.75, 3.05) is 38.6 Å². The van der Waals surface area contributed by atoms with Crippen LogP contribution in [0.15, 0.2) is 42.5 Å². The number of rotatable bonds is 9. The molecule has 0 aromatic heterocycles. The first kappa shape index (κ1) is 21.3. The van der Waals surface area contributed by atoms with Gasteiger partial charge in [-0.25, -0.2) is 8.78 Å². The molecule has 28 heavy (non-hydrogen) atoms. The van der Waals surface area contributed by atoms with Crippen molar-refractivity contribution < 1.29 is 23.1 Å². The molecule has 6 nitrogen and oxygen atoms in total. The number of likely N-dealkylation sites (N-methyl/N-ethyl adjacent to an activating group) is 1. The minimum atomic E-state index is -1.06. The van der Waals surface area contributed by atoms with E-state index >= 15 is 0 Å². The van der Waals surface area contributed by atoms with E-state index in [2.05, 4.69) is 10.6 Å². The number of benzene rings is 2. The number of carbonyl (C=O) groups is 2. The Bertz CT molecular complexity index is 830. The third-order valence-electron chi connectivity index (χ3n) is 3.89. The van der Waals surface area contributed by atoms with Gasteiger partial charge < -0.3 is 15.4 Å². The number of ether oxygens (including phenoxy) is 1. The first-order valence-electron chi connectivity index (χ1n) is 8.73. The van der Waals surface area contributed by atoms with Gasteiger partial charge in [-0.2, -0.15) is 0 Å². The second-order valence-corrected chi connectivity index (χ2v) is 6.31. The summed E-state index contributed by atoms with van der Waals surface area (Å²) in [5.74, 6) is -2.13. The SMILES string of the molecule is Cc1ccccc1OCCN(C)CC(=O)NCC(=O)Nc1ccc(F)c(F)c1. The lowest BCUT2D eigenvalue weighted by molar-refractivity contribution is -0.124. The molecule has 2 aromatic rings. The fourth-order valence-corrected chi connectivity index (χ4v) is 2.37. The van der Waals surface area contributed by atoms with Gasteiger partial charge in [0, 0.05) is 18.3 Å². The molecule has 0 radical (unpaired) electrons. The maximum atomic E-state index is 13.1. The highest BCUT2D eigenvalue weighted by atomic mass is 19.2. The lowest BCUT2D eigenvalue weighted by Crippen LogP contribution is -2.40. The molecule has 2 amide bonds. The molecule has 0 saturated heterocycles. The van der Waals surface area contributed by atoms with E-state index in [1.54, 1.807) is 11.9 Å². The van der Waals surface area contributed by atoms with Gasteiger partial charge in [0.15, 0.2) is 11.6 Å². The zero-order valence-electron chi connectivity index (χ0n) is 15.8. The van der Waals surface area contributed by atoms with Gasteiger partial charge in [-0.15, -0.1) is 0 Å². The zero-order chi connectivity index (χ0) is 20.5. The number of para-hydroxylation sites is 1. The maximum absolute atomic E-state index is 13.1. The lowest BCUT2D eigenvalue weighted by Gasteiger charge is -2.17. The monoisotopic (exact) mass is 391 g/mol. The molecule has 0 spiro atoms. The van der Waals surface area contributed by atoms with E-state index in [1.165, 1.54) is 6.07 Å². The van der Waals surface area contributed by atoms with Crippen molar-refractivity contribution in [2.45, 2.75) is 6.92 Å². The van der Waals surface area contributed by atoms with E-state index in [-0.39, 0.29) is 24.7 Å². The molecule has 0 aliphatic rings. The summed E-state index contributed by atoms with van der Waals surface area (Å²) in [6, 6.07) is 10.7.